The van der Waals surface area contributed by atoms with Gasteiger partial charge in [-0.1, -0.05) is 6.07 Å². The molecule has 21 heavy (non-hydrogen) atoms. The second kappa shape index (κ2) is 5.88. The molecule has 0 saturated carbocycles. The van der Waals surface area contributed by atoms with Crippen LogP contribution in [0.4, 0.5) is 5.95 Å². The first-order chi connectivity index (χ1) is 10.1. The number of carbonyl (C=O) groups excluding carboxylic acids is 1. The minimum Gasteiger partial charge on any atom is -0.392 e. The molecule has 0 radical (unpaired) electrons. The number of nitrogens with one attached hydrogen (secondary N) is 1. The van der Waals surface area contributed by atoms with E-state index in [0.717, 1.165) is 10.2 Å². The maximum Gasteiger partial charge on any atom is 0.224 e. The maximum absolute atomic E-state index is 12.6. The molecule has 7 heteroatoms. The predicted molar refractivity (Wildman–Crippen MR) is 85.3 cm³/mol. The lowest BCUT2D eigenvalue weighted by atomic mass is 10.2. The predicted octanol–water partition coefficient (Wildman–Crippen LogP) is 2.78. The van der Waals surface area contributed by atoms with Gasteiger partial charge in [0.2, 0.25) is 11.7 Å². The number of fused-ring (bicyclic) bond motifs is 1. The van der Waals surface area contributed by atoms with Gasteiger partial charge in [-0.15, -0.1) is 22.7 Å². The molecule has 3 aromatic rings. The van der Waals surface area contributed by atoms with Crippen LogP contribution in [0.5, 0.6) is 0 Å². The number of aromatic nitrogens is 2. The lowest BCUT2D eigenvalue weighted by Crippen LogP contribution is -2.17. The highest BCUT2D eigenvalue weighted by atomic mass is 32.1. The van der Waals surface area contributed by atoms with Crippen LogP contribution in [-0.4, -0.2) is 33.5 Å². The number of carbonyl (C=O) groups is 1. The fraction of sp³-hybridized carbons (Fsp3) is 0.214. The van der Waals surface area contributed by atoms with Crippen molar-refractivity contribution < 1.29 is 9.90 Å². The van der Waals surface area contributed by atoms with E-state index in [1.165, 1.54) is 22.7 Å². The summed E-state index contributed by atoms with van der Waals surface area (Å²) in [6.45, 7) is 2.01. The molecule has 3 aromatic heterocycles. The van der Waals surface area contributed by atoms with Crippen LogP contribution in [0.15, 0.2) is 29.0 Å². The third kappa shape index (κ3) is 2.94. The summed E-state index contributed by atoms with van der Waals surface area (Å²) in [6, 6.07) is 5.50. The van der Waals surface area contributed by atoms with Crippen LogP contribution in [0.2, 0.25) is 0 Å². The molecular formula is C14H13N3O2S2. The lowest BCUT2D eigenvalue weighted by Gasteiger charge is -2.08. The minimum atomic E-state index is -0.511. The van der Waals surface area contributed by atoms with Gasteiger partial charge in [-0.25, -0.2) is 9.97 Å². The molecular weight excluding hydrogens is 306 g/mol. The minimum absolute atomic E-state index is 0.0973. The Hall–Kier alpha value is -1.83. The highest BCUT2D eigenvalue weighted by molar-refractivity contribution is 7.17. The molecule has 2 N–H and O–H groups in total. The molecule has 3 heterocycles. The zero-order valence-electron chi connectivity index (χ0n) is 11.2. The van der Waals surface area contributed by atoms with Crippen LogP contribution in [0.1, 0.15) is 22.3 Å². The summed E-state index contributed by atoms with van der Waals surface area (Å²) in [4.78, 5) is 21.9. The first kappa shape index (κ1) is 14.1. The van der Waals surface area contributed by atoms with E-state index < -0.39 is 6.10 Å². The van der Waals surface area contributed by atoms with Crippen molar-refractivity contribution in [1.82, 2.24) is 9.97 Å². The van der Waals surface area contributed by atoms with E-state index in [1.807, 2.05) is 22.9 Å². The molecule has 108 valence electrons. The number of anilines is 1. The van der Waals surface area contributed by atoms with Crippen LogP contribution >= 0.6 is 22.7 Å². The molecule has 0 aromatic carbocycles. The Morgan fingerprint density at radius 1 is 1.33 bits per heavy atom. The Bertz CT molecular complexity index is 766. The molecule has 0 fully saturated rings. The molecule has 0 aliphatic rings. The highest BCUT2D eigenvalue weighted by Crippen LogP contribution is 2.26. The smallest absolute Gasteiger partial charge is 0.224 e. The molecule has 3 rings (SSSR count). The van der Waals surface area contributed by atoms with E-state index in [-0.39, 0.29) is 5.78 Å². The largest absolute Gasteiger partial charge is 0.392 e. The summed E-state index contributed by atoms with van der Waals surface area (Å²) in [5.74, 6) is 0.265. The molecule has 1 unspecified atom stereocenters. The van der Waals surface area contributed by atoms with Crippen molar-refractivity contribution in [3.05, 3.63) is 39.5 Å². The topological polar surface area (TPSA) is 75.1 Å². The standard InChI is InChI=1S/C14H13N3O2S2/c1-8(18)7-15-14-16-9-4-6-21-13(9)11(17-14)12(19)10-3-2-5-20-10/h2-6,8,18H,7H2,1H3,(H,15,16,17). The molecule has 0 saturated heterocycles. The second-order valence-electron chi connectivity index (χ2n) is 4.57. The molecule has 0 amide bonds. The molecule has 1 atom stereocenters. The van der Waals surface area contributed by atoms with E-state index in [1.54, 1.807) is 13.0 Å². The lowest BCUT2D eigenvalue weighted by molar-refractivity contribution is 0.104. The summed E-state index contributed by atoms with van der Waals surface area (Å²) < 4.78 is 0.788. The van der Waals surface area contributed by atoms with Crippen molar-refractivity contribution in [2.75, 3.05) is 11.9 Å². The fourth-order valence-electron chi connectivity index (χ4n) is 1.86. The van der Waals surface area contributed by atoms with Gasteiger partial charge in [-0.05, 0) is 29.8 Å². The van der Waals surface area contributed by atoms with Gasteiger partial charge in [0.15, 0.2) is 0 Å². The van der Waals surface area contributed by atoms with E-state index in [9.17, 15) is 9.90 Å². The van der Waals surface area contributed by atoms with Gasteiger partial charge in [0, 0.05) is 6.54 Å². The number of thiophene rings is 2. The number of ketones is 1. The maximum atomic E-state index is 12.6. The van der Waals surface area contributed by atoms with Crippen LogP contribution in [-0.2, 0) is 0 Å². The normalized spacial score (nSPS) is 12.5. The molecule has 0 bridgehead atoms. The Labute approximate surface area is 129 Å². The Morgan fingerprint density at radius 3 is 2.90 bits per heavy atom. The van der Waals surface area contributed by atoms with Crippen LogP contribution in [0, 0.1) is 0 Å². The van der Waals surface area contributed by atoms with E-state index in [2.05, 4.69) is 15.3 Å². The van der Waals surface area contributed by atoms with Crippen molar-refractivity contribution in [2.45, 2.75) is 13.0 Å². The van der Waals surface area contributed by atoms with Crippen LogP contribution in [0.3, 0.4) is 0 Å². The van der Waals surface area contributed by atoms with E-state index >= 15 is 0 Å². The van der Waals surface area contributed by atoms with Gasteiger partial charge < -0.3 is 10.4 Å². The number of hydrogen-bond donors (Lipinski definition) is 2. The summed E-state index contributed by atoms with van der Waals surface area (Å²) >= 11 is 2.85. The zero-order chi connectivity index (χ0) is 14.8. The average Bonchev–Trinajstić information content (AvgIpc) is 3.14. The summed E-state index contributed by atoms with van der Waals surface area (Å²) in [5, 5.41) is 16.0. The molecule has 0 spiro atoms. The average molecular weight is 319 g/mol. The van der Waals surface area contributed by atoms with Gasteiger partial charge in [-0.2, -0.15) is 0 Å². The molecule has 5 nitrogen and oxygen atoms in total. The second-order valence-corrected chi connectivity index (χ2v) is 6.43. The number of aliphatic hydroxyl groups excluding tert-OH is 1. The summed E-state index contributed by atoms with van der Waals surface area (Å²) in [5.41, 5.74) is 1.15. The number of aliphatic hydroxyl groups is 1. The van der Waals surface area contributed by atoms with E-state index in [0.29, 0.717) is 23.1 Å². The van der Waals surface area contributed by atoms with Gasteiger partial charge in [0.05, 0.1) is 21.2 Å². The van der Waals surface area contributed by atoms with Crippen molar-refractivity contribution >= 4 is 44.6 Å². The van der Waals surface area contributed by atoms with Gasteiger partial charge in [-0.3, -0.25) is 4.79 Å². The quantitative estimate of drug-likeness (QED) is 0.707. The Morgan fingerprint density at radius 2 is 2.19 bits per heavy atom. The Balaban J connectivity index is 2.03. The summed E-state index contributed by atoms with van der Waals surface area (Å²) in [7, 11) is 0. The third-order valence-corrected chi connectivity index (χ3v) is 4.60. The first-order valence-electron chi connectivity index (χ1n) is 6.40. The number of hydrogen-bond acceptors (Lipinski definition) is 7. The van der Waals surface area contributed by atoms with Crippen LogP contribution < -0.4 is 5.32 Å². The monoisotopic (exact) mass is 319 g/mol. The number of rotatable bonds is 5. The fourth-order valence-corrected chi connectivity index (χ4v) is 3.34. The van der Waals surface area contributed by atoms with E-state index in [4.69, 9.17) is 0 Å². The molecule has 0 aliphatic carbocycles. The van der Waals surface area contributed by atoms with Crippen LogP contribution in [0.25, 0.3) is 10.2 Å². The van der Waals surface area contributed by atoms with Crippen molar-refractivity contribution in [2.24, 2.45) is 0 Å². The van der Waals surface area contributed by atoms with Crippen molar-refractivity contribution in [1.29, 1.82) is 0 Å². The SMILES string of the molecule is CC(O)CNc1nc(C(=O)c2cccs2)c2sccc2n1. The Kier molecular flexibility index (Phi) is 3.96. The summed E-state index contributed by atoms with van der Waals surface area (Å²) in [6.07, 6.45) is -0.511. The first-order valence-corrected chi connectivity index (χ1v) is 8.16. The third-order valence-electron chi connectivity index (χ3n) is 2.82. The van der Waals surface area contributed by atoms with Crippen molar-refractivity contribution in [3.8, 4) is 0 Å². The van der Waals surface area contributed by atoms with Gasteiger partial charge >= 0.3 is 0 Å². The van der Waals surface area contributed by atoms with Gasteiger partial charge in [0.1, 0.15) is 5.69 Å². The van der Waals surface area contributed by atoms with Crippen molar-refractivity contribution in [3.63, 3.8) is 0 Å². The highest BCUT2D eigenvalue weighted by Gasteiger charge is 2.18. The molecule has 0 aliphatic heterocycles. The zero-order valence-corrected chi connectivity index (χ0v) is 12.9. The van der Waals surface area contributed by atoms with Gasteiger partial charge in [0.25, 0.3) is 0 Å². The number of nitrogens with zero attached hydrogens (tertiary/aromatic N) is 2.